The third-order valence-electron chi connectivity index (χ3n) is 4.67. The Labute approximate surface area is 183 Å². The van der Waals surface area contributed by atoms with E-state index in [9.17, 15) is 23.1 Å². The lowest BCUT2D eigenvalue weighted by molar-refractivity contribution is 0.0240. The minimum Gasteiger partial charge on any atom is -0.478 e. The number of piperazine rings is 1. The lowest BCUT2D eigenvalue weighted by atomic mass is 10.1. The van der Waals surface area contributed by atoms with Gasteiger partial charge in [0.15, 0.2) is 0 Å². The molecule has 1 aliphatic heterocycles. The van der Waals surface area contributed by atoms with E-state index in [0.717, 1.165) is 10.6 Å². The molecule has 1 heterocycles. The van der Waals surface area contributed by atoms with Gasteiger partial charge in [-0.1, -0.05) is 0 Å². The average molecular weight is 458 g/mol. The van der Waals surface area contributed by atoms with E-state index in [1.165, 1.54) is 19.2 Å². The second-order valence-corrected chi connectivity index (χ2v) is 10.2. The van der Waals surface area contributed by atoms with Crippen LogP contribution in [-0.2, 0) is 19.5 Å². The molecule has 0 aliphatic carbocycles. The quantitative estimate of drug-likeness (QED) is 0.659. The first-order chi connectivity index (χ1) is 14.3. The highest BCUT2D eigenvalue weighted by Gasteiger charge is 2.28. The van der Waals surface area contributed by atoms with Gasteiger partial charge >= 0.3 is 12.1 Å². The summed E-state index contributed by atoms with van der Waals surface area (Å²) in [7, 11) is -2.25. The Balaban J connectivity index is 2.22. The molecule has 1 N–H and O–H groups in total. The summed E-state index contributed by atoms with van der Waals surface area (Å²) < 4.78 is 35.8. The number of hydrogen-bond donors (Lipinski definition) is 1. The summed E-state index contributed by atoms with van der Waals surface area (Å²) >= 11 is 0. The number of anilines is 2. The third kappa shape index (κ3) is 6.73. The molecular weight excluding hydrogens is 426 g/mol. The Morgan fingerprint density at radius 3 is 2.26 bits per heavy atom. The molecule has 1 aromatic rings. The summed E-state index contributed by atoms with van der Waals surface area (Å²) in [5, 5.41) is 9.71. The monoisotopic (exact) mass is 457 g/mol. The molecule has 10 nitrogen and oxygen atoms in total. The van der Waals surface area contributed by atoms with Gasteiger partial charge in [-0.05, 0) is 39.0 Å². The fourth-order valence-electron chi connectivity index (χ4n) is 3.22. The maximum absolute atomic E-state index is 12.2. The molecule has 174 valence electrons. The first kappa shape index (κ1) is 24.7. The van der Waals surface area contributed by atoms with Crippen LogP contribution in [-0.4, -0.2) is 88.8 Å². The van der Waals surface area contributed by atoms with Crippen molar-refractivity contribution in [2.75, 3.05) is 61.9 Å². The maximum atomic E-state index is 12.2. The van der Waals surface area contributed by atoms with Crippen LogP contribution in [0.25, 0.3) is 0 Å². The van der Waals surface area contributed by atoms with E-state index in [-0.39, 0.29) is 30.5 Å². The van der Waals surface area contributed by atoms with E-state index in [1.807, 2.05) is 25.7 Å². The predicted octanol–water partition coefficient (Wildman–Crippen LogP) is 1.85. The number of aromatic carboxylic acids is 1. The smallest absolute Gasteiger partial charge is 0.410 e. The summed E-state index contributed by atoms with van der Waals surface area (Å²) in [6.45, 7) is 7.41. The van der Waals surface area contributed by atoms with Crippen LogP contribution in [0.3, 0.4) is 0 Å². The number of sulfonamides is 1. The molecule has 0 atom stereocenters. The van der Waals surface area contributed by atoms with Crippen molar-refractivity contribution < 1.29 is 32.6 Å². The zero-order valence-electron chi connectivity index (χ0n) is 18.6. The van der Waals surface area contributed by atoms with Crippen molar-refractivity contribution in [3.05, 3.63) is 23.8 Å². The summed E-state index contributed by atoms with van der Waals surface area (Å²) in [5.41, 5.74) is 0.0383. The predicted molar refractivity (Wildman–Crippen MR) is 117 cm³/mol. The van der Waals surface area contributed by atoms with E-state index in [0.29, 0.717) is 31.9 Å². The third-order valence-corrected chi connectivity index (χ3v) is 5.85. The number of hydrogen-bond acceptors (Lipinski definition) is 7. The van der Waals surface area contributed by atoms with Crippen molar-refractivity contribution in [3.63, 3.8) is 0 Å². The van der Waals surface area contributed by atoms with E-state index in [2.05, 4.69) is 0 Å². The molecule has 1 saturated heterocycles. The van der Waals surface area contributed by atoms with Gasteiger partial charge in [0.1, 0.15) is 5.60 Å². The van der Waals surface area contributed by atoms with E-state index < -0.39 is 21.6 Å². The first-order valence-corrected chi connectivity index (χ1v) is 11.7. The van der Waals surface area contributed by atoms with Crippen LogP contribution in [0.1, 0.15) is 31.1 Å². The van der Waals surface area contributed by atoms with Crippen molar-refractivity contribution >= 4 is 33.5 Å². The zero-order chi connectivity index (χ0) is 23.4. The molecule has 1 aromatic carbocycles. The topological polar surface area (TPSA) is 117 Å². The van der Waals surface area contributed by atoms with Gasteiger partial charge in [-0.25, -0.2) is 18.0 Å². The molecule has 11 heteroatoms. The van der Waals surface area contributed by atoms with Gasteiger partial charge in [-0.15, -0.1) is 0 Å². The van der Waals surface area contributed by atoms with E-state index in [4.69, 9.17) is 9.47 Å². The van der Waals surface area contributed by atoms with Crippen molar-refractivity contribution in [2.24, 2.45) is 0 Å². The molecule has 2 rings (SSSR count). The standard InChI is InChI=1S/C20H31N3O7S/c1-20(2,3)30-19(26)22-10-8-21(9-11-22)15-6-7-17(16(14-15)18(24)25)23(12-13-29-4)31(5,27)28/h6-7,14H,8-13H2,1-5H3,(H,24,25). The fourth-order valence-corrected chi connectivity index (χ4v) is 4.15. The van der Waals surface area contributed by atoms with Crippen LogP contribution in [0.15, 0.2) is 18.2 Å². The number of methoxy groups -OCH3 is 1. The van der Waals surface area contributed by atoms with Gasteiger partial charge < -0.3 is 24.4 Å². The van der Waals surface area contributed by atoms with Crippen LogP contribution >= 0.6 is 0 Å². The van der Waals surface area contributed by atoms with E-state index >= 15 is 0 Å². The molecule has 0 aromatic heterocycles. The second kappa shape index (κ2) is 9.73. The summed E-state index contributed by atoms with van der Waals surface area (Å²) in [4.78, 5) is 27.7. The largest absolute Gasteiger partial charge is 0.478 e. The number of carbonyl (C=O) groups excluding carboxylic acids is 1. The Hall–Kier alpha value is -2.53. The second-order valence-electron chi connectivity index (χ2n) is 8.29. The van der Waals surface area contributed by atoms with Crippen LogP contribution in [0.5, 0.6) is 0 Å². The van der Waals surface area contributed by atoms with Crippen molar-refractivity contribution in [3.8, 4) is 0 Å². The molecule has 0 saturated carbocycles. The molecule has 1 amide bonds. The fraction of sp³-hybridized carbons (Fsp3) is 0.600. The van der Waals surface area contributed by atoms with Crippen molar-refractivity contribution in [1.29, 1.82) is 0 Å². The van der Waals surface area contributed by atoms with Gasteiger partial charge in [0.25, 0.3) is 0 Å². The lowest BCUT2D eigenvalue weighted by Gasteiger charge is -2.37. The molecule has 0 radical (unpaired) electrons. The SMILES string of the molecule is COCCN(c1ccc(N2CCN(C(=O)OC(C)(C)C)CC2)cc1C(=O)O)S(C)(=O)=O. The van der Waals surface area contributed by atoms with Gasteiger partial charge in [-0.3, -0.25) is 4.31 Å². The summed E-state index contributed by atoms with van der Waals surface area (Å²) in [5.74, 6) is -1.23. The Morgan fingerprint density at radius 1 is 1.16 bits per heavy atom. The van der Waals surface area contributed by atoms with Gasteiger partial charge in [-0.2, -0.15) is 0 Å². The van der Waals surface area contributed by atoms with Gasteiger partial charge in [0, 0.05) is 39.0 Å². The minimum absolute atomic E-state index is 0.00349. The molecule has 1 fully saturated rings. The van der Waals surface area contributed by atoms with Crippen LogP contribution in [0.2, 0.25) is 0 Å². The minimum atomic E-state index is -3.70. The highest BCUT2D eigenvalue weighted by molar-refractivity contribution is 7.92. The Kier molecular flexibility index (Phi) is 7.77. The number of nitrogens with zero attached hydrogens (tertiary/aromatic N) is 3. The first-order valence-electron chi connectivity index (χ1n) is 9.90. The summed E-state index contributed by atoms with van der Waals surface area (Å²) in [6, 6.07) is 4.65. The van der Waals surface area contributed by atoms with Crippen molar-refractivity contribution in [2.45, 2.75) is 26.4 Å². The highest BCUT2D eigenvalue weighted by atomic mass is 32.2. The van der Waals surface area contributed by atoms with Gasteiger partial charge in [0.05, 0.1) is 30.7 Å². The summed E-state index contributed by atoms with van der Waals surface area (Å²) in [6.07, 6.45) is 0.647. The molecule has 0 unspecified atom stereocenters. The molecule has 1 aliphatic rings. The Bertz CT molecular complexity index is 904. The number of ether oxygens (including phenoxy) is 2. The molecule has 0 spiro atoms. The van der Waals surface area contributed by atoms with Crippen LogP contribution in [0.4, 0.5) is 16.2 Å². The number of carboxylic acids is 1. The number of amides is 1. The number of carboxylic acid groups (broad SMARTS) is 1. The van der Waals surface area contributed by atoms with Crippen molar-refractivity contribution in [1.82, 2.24) is 4.90 Å². The Morgan fingerprint density at radius 2 is 1.77 bits per heavy atom. The van der Waals surface area contributed by atoms with E-state index in [1.54, 1.807) is 11.0 Å². The average Bonchev–Trinajstić information content (AvgIpc) is 2.66. The zero-order valence-corrected chi connectivity index (χ0v) is 19.4. The molecule has 0 bridgehead atoms. The van der Waals surface area contributed by atoms with Gasteiger partial charge in [0.2, 0.25) is 10.0 Å². The van der Waals surface area contributed by atoms with Crippen LogP contribution < -0.4 is 9.21 Å². The van der Waals surface area contributed by atoms with Crippen LogP contribution in [0, 0.1) is 0 Å². The highest BCUT2D eigenvalue weighted by Crippen LogP contribution is 2.29. The number of rotatable bonds is 7. The maximum Gasteiger partial charge on any atom is 0.410 e. The molecule has 31 heavy (non-hydrogen) atoms. The number of carbonyl (C=O) groups is 2. The normalized spacial score (nSPS) is 15.0. The molecular formula is C20H31N3O7S. The lowest BCUT2D eigenvalue weighted by Crippen LogP contribution is -2.50. The number of benzene rings is 1.